The molecule has 2 rings (SSSR count). The van der Waals surface area contributed by atoms with Gasteiger partial charge in [0.1, 0.15) is 5.75 Å². The molecule has 20 heavy (non-hydrogen) atoms. The summed E-state index contributed by atoms with van der Waals surface area (Å²) in [7, 11) is 1.84. The fourth-order valence-corrected chi connectivity index (χ4v) is 2.97. The van der Waals surface area contributed by atoms with Gasteiger partial charge in [0.25, 0.3) is 0 Å². The monoisotopic (exact) mass is 289 g/mol. The van der Waals surface area contributed by atoms with Crippen molar-refractivity contribution < 1.29 is 9.90 Å². The number of carbonyl (C=O) groups is 1. The first kappa shape index (κ1) is 14.6. The zero-order valence-electron chi connectivity index (χ0n) is 12.0. The summed E-state index contributed by atoms with van der Waals surface area (Å²) in [5.41, 5.74) is 0.911. The van der Waals surface area contributed by atoms with Crippen LogP contribution in [0.25, 0.3) is 0 Å². The van der Waals surface area contributed by atoms with Gasteiger partial charge in [-0.3, -0.25) is 4.79 Å². The number of phenolic OH excluding ortho intramolecular Hbond substituents is 1. The lowest BCUT2D eigenvalue weighted by Gasteiger charge is -2.24. The van der Waals surface area contributed by atoms with E-state index in [1.54, 1.807) is 40.5 Å². The number of hydrogen-bond acceptors (Lipinski definition) is 3. The second kappa shape index (κ2) is 6.09. The zero-order valence-corrected chi connectivity index (χ0v) is 12.8. The lowest BCUT2D eigenvalue weighted by molar-refractivity contribution is -0.131. The Morgan fingerprint density at radius 1 is 1.25 bits per heavy atom. The van der Waals surface area contributed by atoms with Crippen molar-refractivity contribution in [3.8, 4) is 5.75 Å². The Morgan fingerprint density at radius 3 is 2.45 bits per heavy atom. The second-order valence-corrected chi connectivity index (χ2v) is 6.29. The maximum atomic E-state index is 12.3. The number of phenols is 1. The first-order chi connectivity index (χ1) is 9.47. The van der Waals surface area contributed by atoms with Gasteiger partial charge in [-0.05, 0) is 43.7 Å². The van der Waals surface area contributed by atoms with Crippen molar-refractivity contribution >= 4 is 17.2 Å². The minimum absolute atomic E-state index is 0.0780. The summed E-state index contributed by atoms with van der Waals surface area (Å²) < 4.78 is 0. The molecule has 0 bridgehead atoms. The fourth-order valence-electron chi connectivity index (χ4n) is 2.00. The van der Waals surface area contributed by atoms with Crippen LogP contribution in [0.2, 0.25) is 0 Å². The molecule has 0 radical (unpaired) electrons. The summed E-state index contributed by atoms with van der Waals surface area (Å²) in [5.74, 6) is 0.297. The lowest BCUT2D eigenvalue weighted by atomic mass is 10.1. The van der Waals surface area contributed by atoms with E-state index in [2.05, 4.69) is 19.1 Å². The van der Waals surface area contributed by atoms with Crippen LogP contribution >= 0.6 is 11.3 Å². The highest BCUT2D eigenvalue weighted by molar-refractivity contribution is 7.12. The van der Waals surface area contributed by atoms with Crippen molar-refractivity contribution in [2.45, 2.75) is 26.3 Å². The number of amides is 1. The molecule has 0 aliphatic carbocycles. The van der Waals surface area contributed by atoms with Crippen LogP contribution in [0.1, 0.15) is 28.3 Å². The van der Waals surface area contributed by atoms with Crippen molar-refractivity contribution in [1.82, 2.24) is 4.90 Å². The number of nitrogens with zero attached hydrogens (tertiary/aromatic N) is 1. The van der Waals surface area contributed by atoms with Crippen LogP contribution in [0.3, 0.4) is 0 Å². The maximum absolute atomic E-state index is 12.3. The predicted octanol–water partition coefficient (Wildman–Crippen LogP) is 3.52. The SMILES string of the molecule is Cc1ccc(C(C)N(C)C(=O)Cc2ccc(O)cc2)s1. The average Bonchev–Trinajstić information content (AvgIpc) is 2.86. The summed E-state index contributed by atoms with van der Waals surface area (Å²) >= 11 is 1.72. The summed E-state index contributed by atoms with van der Waals surface area (Å²) in [6, 6.07) is 11.0. The fraction of sp³-hybridized carbons (Fsp3) is 0.312. The summed E-state index contributed by atoms with van der Waals surface area (Å²) in [5, 5.41) is 9.25. The molecule has 1 atom stereocenters. The Morgan fingerprint density at radius 2 is 1.90 bits per heavy atom. The summed E-state index contributed by atoms with van der Waals surface area (Å²) in [4.78, 5) is 16.5. The molecular weight excluding hydrogens is 270 g/mol. The van der Waals surface area contributed by atoms with E-state index >= 15 is 0 Å². The van der Waals surface area contributed by atoms with Crippen LogP contribution < -0.4 is 0 Å². The van der Waals surface area contributed by atoms with Crippen LogP contribution in [0, 0.1) is 6.92 Å². The smallest absolute Gasteiger partial charge is 0.227 e. The van der Waals surface area contributed by atoms with E-state index in [0.717, 1.165) is 5.56 Å². The third kappa shape index (κ3) is 3.39. The molecule has 0 fully saturated rings. The number of carbonyl (C=O) groups excluding carboxylic acids is 1. The molecular formula is C16H19NO2S. The van der Waals surface area contributed by atoms with E-state index in [0.29, 0.717) is 6.42 Å². The van der Waals surface area contributed by atoms with Gasteiger partial charge in [-0.15, -0.1) is 11.3 Å². The van der Waals surface area contributed by atoms with Gasteiger partial charge in [0.15, 0.2) is 0 Å². The van der Waals surface area contributed by atoms with Crippen molar-refractivity contribution in [2.75, 3.05) is 7.05 Å². The van der Waals surface area contributed by atoms with Crippen LogP contribution in [-0.4, -0.2) is 23.0 Å². The predicted molar refractivity (Wildman–Crippen MR) is 82.1 cm³/mol. The number of hydrogen-bond donors (Lipinski definition) is 1. The number of benzene rings is 1. The molecule has 0 aliphatic rings. The number of aryl methyl sites for hydroxylation is 1. The van der Waals surface area contributed by atoms with Crippen molar-refractivity contribution in [3.05, 3.63) is 51.7 Å². The Balaban J connectivity index is 2.03. The molecule has 0 saturated heterocycles. The molecule has 3 nitrogen and oxygen atoms in total. The molecule has 0 spiro atoms. The molecule has 0 saturated carbocycles. The first-order valence-corrected chi connectivity index (χ1v) is 7.39. The standard InChI is InChI=1S/C16H19NO2S/c1-11-4-9-15(20-11)12(2)17(3)16(19)10-13-5-7-14(18)8-6-13/h4-9,12,18H,10H2,1-3H3. The Bertz CT molecular complexity index is 589. The Labute approximate surface area is 123 Å². The van der Waals surface area contributed by atoms with Crippen LogP contribution in [0.4, 0.5) is 0 Å². The van der Waals surface area contributed by atoms with Crippen molar-refractivity contribution in [1.29, 1.82) is 0 Å². The molecule has 106 valence electrons. The largest absolute Gasteiger partial charge is 0.508 e. The number of rotatable bonds is 4. The van der Waals surface area contributed by atoms with Crippen LogP contribution in [0.15, 0.2) is 36.4 Å². The minimum atomic E-state index is 0.0780. The van der Waals surface area contributed by atoms with E-state index in [9.17, 15) is 9.90 Å². The van der Waals surface area contributed by atoms with E-state index in [-0.39, 0.29) is 17.7 Å². The quantitative estimate of drug-likeness (QED) is 0.935. The molecule has 1 N–H and O–H groups in total. The molecule has 1 aromatic carbocycles. The van der Waals surface area contributed by atoms with Crippen LogP contribution in [-0.2, 0) is 11.2 Å². The molecule has 1 unspecified atom stereocenters. The topological polar surface area (TPSA) is 40.5 Å². The highest BCUT2D eigenvalue weighted by Crippen LogP contribution is 2.26. The van der Waals surface area contributed by atoms with Gasteiger partial charge in [0, 0.05) is 16.8 Å². The number of likely N-dealkylation sites (N-methyl/N-ethyl adjacent to an activating group) is 1. The van der Waals surface area contributed by atoms with Gasteiger partial charge in [-0.2, -0.15) is 0 Å². The Kier molecular flexibility index (Phi) is 4.45. The molecule has 1 aromatic heterocycles. The average molecular weight is 289 g/mol. The lowest BCUT2D eigenvalue weighted by Crippen LogP contribution is -2.30. The minimum Gasteiger partial charge on any atom is -0.508 e. The van der Waals surface area contributed by atoms with Gasteiger partial charge < -0.3 is 10.0 Å². The molecule has 1 heterocycles. The van der Waals surface area contributed by atoms with E-state index in [1.165, 1.54) is 9.75 Å². The first-order valence-electron chi connectivity index (χ1n) is 6.57. The van der Waals surface area contributed by atoms with Gasteiger partial charge in [-0.1, -0.05) is 12.1 Å². The van der Waals surface area contributed by atoms with E-state index in [4.69, 9.17) is 0 Å². The second-order valence-electron chi connectivity index (χ2n) is 4.97. The Hall–Kier alpha value is -1.81. The number of thiophene rings is 1. The summed E-state index contributed by atoms with van der Waals surface area (Å²) in [6.45, 7) is 4.11. The van der Waals surface area contributed by atoms with Crippen molar-refractivity contribution in [3.63, 3.8) is 0 Å². The third-order valence-corrected chi connectivity index (χ3v) is 4.61. The van der Waals surface area contributed by atoms with Gasteiger partial charge >= 0.3 is 0 Å². The molecule has 0 aliphatic heterocycles. The van der Waals surface area contributed by atoms with Crippen molar-refractivity contribution in [2.24, 2.45) is 0 Å². The maximum Gasteiger partial charge on any atom is 0.227 e. The van der Waals surface area contributed by atoms with Gasteiger partial charge in [-0.25, -0.2) is 0 Å². The zero-order chi connectivity index (χ0) is 14.7. The molecule has 2 aromatic rings. The van der Waals surface area contributed by atoms with Crippen LogP contribution in [0.5, 0.6) is 5.75 Å². The summed E-state index contributed by atoms with van der Waals surface area (Å²) in [6.07, 6.45) is 0.353. The molecule has 1 amide bonds. The molecule has 4 heteroatoms. The van der Waals surface area contributed by atoms with E-state index < -0.39 is 0 Å². The highest BCUT2D eigenvalue weighted by Gasteiger charge is 2.18. The normalized spacial score (nSPS) is 12.2. The third-order valence-electron chi connectivity index (χ3n) is 3.44. The number of aromatic hydroxyl groups is 1. The van der Waals surface area contributed by atoms with Gasteiger partial charge in [0.2, 0.25) is 5.91 Å². The van der Waals surface area contributed by atoms with Gasteiger partial charge in [0.05, 0.1) is 12.5 Å². The van der Waals surface area contributed by atoms with E-state index in [1.807, 2.05) is 14.0 Å². The highest BCUT2D eigenvalue weighted by atomic mass is 32.1.